The standard InChI is InChI=1S/C25H40O8/c26-25(10-6-2-5-9-23-7-3-1-4-8-23)33-22-24-21-31-18-17-29-14-13-27-11-12-28-15-16-30-19-20-32-24/h1,3-4,7-8,24H,2,5-6,9-22H2. The molecule has 0 amide bonds. The summed E-state index contributed by atoms with van der Waals surface area (Å²) in [6.45, 7) is 5.34. The maximum absolute atomic E-state index is 12.1. The summed E-state index contributed by atoms with van der Waals surface area (Å²) in [6.07, 6.45) is 4.00. The fourth-order valence-electron chi connectivity index (χ4n) is 3.19. The fourth-order valence-corrected chi connectivity index (χ4v) is 3.19. The van der Waals surface area contributed by atoms with Crippen LogP contribution >= 0.6 is 0 Å². The molecule has 1 fully saturated rings. The molecule has 2 rings (SSSR count). The molecule has 0 bridgehead atoms. The number of benzene rings is 1. The molecule has 1 aliphatic rings. The molecule has 0 aliphatic carbocycles. The van der Waals surface area contributed by atoms with E-state index in [1.54, 1.807) is 0 Å². The van der Waals surface area contributed by atoms with Gasteiger partial charge in [-0.05, 0) is 24.8 Å². The van der Waals surface area contributed by atoms with Crippen LogP contribution in [-0.2, 0) is 44.4 Å². The third-order valence-electron chi connectivity index (χ3n) is 4.99. The Balaban J connectivity index is 1.59. The summed E-state index contributed by atoms with van der Waals surface area (Å²) >= 11 is 0. The summed E-state index contributed by atoms with van der Waals surface area (Å²) in [6, 6.07) is 10.4. The largest absolute Gasteiger partial charge is 0.463 e. The smallest absolute Gasteiger partial charge is 0.305 e. The van der Waals surface area contributed by atoms with E-state index in [0.29, 0.717) is 79.1 Å². The Bertz CT molecular complexity index is 565. The molecule has 0 N–H and O–H groups in total. The van der Waals surface area contributed by atoms with Crippen molar-refractivity contribution in [3.05, 3.63) is 35.9 Å². The number of esters is 1. The van der Waals surface area contributed by atoms with Crippen molar-refractivity contribution in [2.24, 2.45) is 0 Å². The first-order valence-electron chi connectivity index (χ1n) is 12.0. The first-order chi connectivity index (χ1) is 16.3. The van der Waals surface area contributed by atoms with Crippen LogP contribution in [0.25, 0.3) is 0 Å². The number of hydrogen-bond acceptors (Lipinski definition) is 8. The van der Waals surface area contributed by atoms with Crippen LogP contribution in [0.15, 0.2) is 30.3 Å². The maximum Gasteiger partial charge on any atom is 0.305 e. The van der Waals surface area contributed by atoms with Gasteiger partial charge in [0.05, 0.1) is 72.7 Å². The third-order valence-corrected chi connectivity index (χ3v) is 4.99. The van der Waals surface area contributed by atoms with Gasteiger partial charge in [0.2, 0.25) is 0 Å². The highest BCUT2D eigenvalue weighted by molar-refractivity contribution is 5.69. The second-order valence-corrected chi connectivity index (χ2v) is 7.75. The number of unbranched alkanes of at least 4 members (excludes halogenated alkanes) is 2. The number of rotatable bonds is 8. The minimum Gasteiger partial charge on any atom is -0.463 e. The molecule has 0 spiro atoms. The Kier molecular flexibility index (Phi) is 16.7. The highest BCUT2D eigenvalue weighted by atomic mass is 16.6. The predicted octanol–water partition coefficient (Wildman–Crippen LogP) is 2.81. The van der Waals surface area contributed by atoms with Crippen molar-refractivity contribution in [1.82, 2.24) is 0 Å². The van der Waals surface area contributed by atoms with Gasteiger partial charge in [-0.3, -0.25) is 4.79 Å². The van der Waals surface area contributed by atoms with Crippen LogP contribution in [0.2, 0.25) is 0 Å². The van der Waals surface area contributed by atoms with Gasteiger partial charge in [-0.1, -0.05) is 36.8 Å². The van der Waals surface area contributed by atoms with Crippen LogP contribution in [0.4, 0.5) is 0 Å². The van der Waals surface area contributed by atoms with E-state index in [1.807, 2.05) is 6.07 Å². The molecular formula is C25H40O8. The summed E-state index contributed by atoms with van der Waals surface area (Å²) in [7, 11) is 0. The molecule has 1 aromatic carbocycles. The zero-order valence-corrected chi connectivity index (χ0v) is 19.8. The Hall–Kier alpha value is -1.55. The number of aryl methyl sites for hydroxylation is 1. The molecular weight excluding hydrogens is 428 g/mol. The summed E-state index contributed by atoms with van der Waals surface area (Å²) < 4.78 is 38.7. The lowest BCUT2D eigenvalue weighted by Gasteiger charge is -2.18. The monoisotopic (exact) mass is 468 g/mol. The van der Waals surface area contributed by atoms with Crippen molar-refractivity contribution < 1.29 is 38.0 Å². The lowest BCUT2D eigenvalue weighted by Crippen LogP contribution is -2.29. The summed E-state index contributed by atoms with van der Waals surface area (Å²) in [5.74, 6) is -0.200. The van der Waals surface area contributed by atoms with Gasteiger partial charge in [-0.15, -0.1) is 0 Å². The Morgan fingerprint density at radius 1 is 0.727 bits per heavy atom. The van der Waals surface area contributed by atoms with E-state index in [0.717, 1.165) is 25.7 Å². The van der Waals surface area contributed by atoms with Gasteiger partial charge in [0.1, 0.15) is 12.7 Å². The molecule has 1 heterocycles. The van der Waals surface area contributed by atoms with Gasteiger partial charge in [-0.2, -0.15) is 0 Å². The molecule has 0 aromatic heterocycles. The van der Waals surface area contributed by atoms with Gasteiger partial charge < -0.3 is 33.2 Å². The summed E-state index contributed by atoms with van der Waals surface area (Å²) in [5, 5.41) is 0. The van der Waals surface area contributed by atoms with E-state index < -0.39 is 0 Å². The topological polar surface area (TPSA) is 81.7 Å². The minimum absolute atomic E-state index is 0.167. The predicted molar refractivity (Wildman–Crippen MR) is 123 cm³/mol. The molecule has 1 saturated heterocycles. The molecule has 1 aliphatic heterocycles. The molecule has 0 saturated carbocycles. The molecule has 1 unspecified atom stereocenters. The lowest BCUT2D eigenvalue weighted by molar-refractivity contribution is -0.150. The van der Waals surface area contributed by atoms with Gasteiger partial charge in [-0.25, -0.2) is 0 Å². The Labute approximate surface area is 197 Å². The third kappa shape index (κ3) is 15.8. The Morgan fingerprint density at radius 3 is 1.94 bits per heavy atom. The average molecular weight is 469 g/mol. The zero-order chi connectivity index (χ0) is 23.2. The van der Waals surface area contributed by atoms with Crippen LogP contribution < -0.4 is 0 Å². The number of carbonyl (C=O) groups excluding carboxylic acids is 1. The van der Waals surface area contributed by atoms with Crippen molar-refractivity contribution in [1.29, 1.82) is 0 Å². The second-order valence-electron chi connectivity index (χ2n) is 7.75. The van der Waals surface area contributed by atoms with Crippen molar-refractivity contribution in [2.75, 3.05) is 79.3 Å². The van der Waals surface area contributed by atoms with Crippen LogP contribution in [0, 0.1) is 0 Å². The van der Waals surface area contributed by atoms with Crippen LogP contribution in [0.3, 0.4) is 0 Å². The maximum atomic E-state index is 12.1. The average Bonchev–Trinajstić information content (AvgIpc) is 2.83. The van der Waals surface area contributed by atoms with Crippen molar-refractivity contribution in [3.63, 3.8) is 0 Å². The molecule has 1 atom stereocenters. The van der Waals surface area contributed by atoms with E-state index in [1.165, 1.54) is 5.56 Å². The van der Waals surface area contributed by atoms with Crippen LogP contribution in [0.1, 0.15) is 31.2 Å². The zero-order valence-electron chi connectivity index (χ0n) is 19.8. The van der Waals surface area contributed by atoms with E-state index in [2.05, 4.69) is 24.3 Å². The first kappa shape index (κ1) is 27.7. The minimum atomic E-state index is -0.339. The fraction of sp³-hybridized carbons (Fsp3) is 0.720. The molecule has 8 heteroatoms. The molecule has 33 heavy (non-hydrogen) atoms. The highest BCUT2D eigenvalue weighted by Gasteiger charge is 2.13. The number of carbonyl (C=O) groups is 1. The van der Waals surface area contributed by atoms with Crippen LogP contribution in [-0.4, -0.2) is 91.4 Å². The Morgan fingerprint density at radius 2 is 1.30 bits per heavy atom. The molecule has 1 aromatic rings. The lowest BCUT2D eigenvalue weighted by atomic mass is 10.1. The molecule has 0 radical (unpaired) electrons. The quantitative estimate of drug-likeness (QED) is 0.426. The van der Waals surface area contributed by atoms with Gasteiger partial charge in [0, 0.05) is 6.42 Å². The van der Waals surface area contributed by atoms with Gasteiger partial charge >= 0.3 is 5.97 Å². The normalized spacial score (nSPS) is 20.4. The van der Waals surface area contributed by atoms with E-state index >= 15 is 0 Å². The summed E-state index contributed by atoms with van der Waals surface area (Å²) in [5.41, 5.74) is 1.33. The number of hydrogen-bond donors (Lipinski definition) is 0. The van der Waals surface area contributed by atoms with Gasteiger partial charge in [0.15, 0.2) is 0 Å². The van der Waals surface area contributed by atoms with Crippen molar-refractivity contribution in [3.8, 4) is 0 Å². The van der Waals surface area contributed by atoms with E-state index in [9.17, 15) is 4.79 Å². The first-order valence-corrected chi connectivity index (χ1v) is 12.0. The molecule has 8 nitrogen and oxygen atoms in total. The van der Waals surface area contributed by atoms with Gasteiger partial charge in [0.25, 0.3) is 0 Å². The van der Waals surface area contributed by atoms with E-state index in [-0.39, 0.29) is 18.7 Å². The highest BCUT2D eigenvalue weighted by Crippen LogP contribution is 2.08. The van der Waals surface area contributed by atoms with Crippen LogP contribution in [0.5, 0.6) is 0 Å². The van der Waals surface area contributed by atoms with Crippen molar-refractivity contribution in [2.45, 2.75) is 38.2 Å². The van der Waals surface area contributed by atoms with E-state index in [4.69, 9.17) is 33.2 Å². The second kappa shape index (κ2) is 19.9. The van der Waals surface area contributed by atoms with Crippen molar-refractivity contribution >= 4 is 5.97 Å². The molecule has 188 valence electrons. The SMILES string of the molecule is O=C(CCCCCc1ccccc1)OCC1COCCOCCOCCOCCOCCO1. The summed E-state index contributed by atoms with van der Waals surface area (Å²) in [4.78, 5) is 12.1. The number of ether oxygens (including phenoxy) is 7.